The molecule has 0 saturated carbocycles. The molecule has 16 heavy (non-hydrogen) atoms. The summed E-state index contributed by atoms with van der Waals surface area (Å²) in [5.74, 6) is 0. The minimum Gasteiger partial charge on any atom is -0.396 e. The van der Waals surface area contributed by atoms with Crippen molar-refractivity contribution in [1.29, 1.82) is 0 Å². The lowest BCUT2D eigenvalue weighted by molar-refractivity contribution is 0.0812. The molecule has 9 heteroatoms. The number of rotatable bonds is 4. The van der Waals surface area contributed by atoms with Gasteiger partial charge in [0.1, 0.15) is 5.50 Å². The molecule has 0 radical (unpaired) electrons. The van der Waals surface area contributed by atoms with Crippen molar-refractivity contribution in [1.82, 2.24) is 13.7 Å². The summed E-state index contributed by atoms with van der Waals surface area (Å²) in [4.78, 5) is 34.0. The third-order valence-corrected chi connectivity index (χ3v) is 2.56. The second-order valence-electron chi connectivity index (χ2n) is 3.19. The maximum Gasteiger partial charge on any atom is 0.408 e. The predicted octanol–water partition coefficient (Wildman–Crippen LogP) is -1.54. The number of fused-ring (bicyclic) bond motifs is 2. The number of nitrogens with zero attached hydrogens (tertiary/aromatic N) is 3. The van der Waals surface area contributed by atoms with Gasteiger partial charge < -0.3 is 5.11 Å². The molecule has 0 fully saturated rings. The second kappa shape index (κ2) is 3.80. The summed E-state index contributed by atoms with van der Waals surface area (Å²) in [5.41, 5.74) is -3.54. The zero-order valence-corrected chi connectivity index (χ0v) is 8.75. The van der Waals surface area contributed by atoms with Gasteiger partial charge in [-0.3, -0.25) is 4.63 Å². The molecule has 88 valence electrons. The van der Waals surface area contributed by atoms with Crippen molar-refractivity contribution in [2.24, 2.45) is 0 Å². The van der Waals surface area contributed by atoms with Crippen molar-refractivity contribution in [2.75, 3.05) is 6.61 Å². The molecule has 0 aliphatic rings. The fourth-order valence-electron chi connectivity index (χ4n) is 1.34. The molecule has 0 aromatic carbocycles. The van der Waals surface area contributed by atoms with E-state index in [1.165, 1.54) is 0 Å². The molecule has 0 aliphatic carbocycles. The average Bonchev–Trinajstić information content (AvgIpc) is 2.23. The number of aliphatic hydroxyl groups is 1. The molecule has 0 saturated heterocycles. The highest BCUT2D eigenvalue weighted by atomic mass is 35.5. The van der Waals surface area contributed by atoms with Crippen LogP contribution in [0.4, 0.5) is 0 Å². The SMILES string of the molecule is O=c1n(C(Cl)CCCO)c(=O)n2on1c2=O. The molecule has 2 bridgehead atoms. The predicted molar refractivity (Wildman–Crippen MR) is 52.3 cm³/mol. The molecule has 8 nitrogen and oxygen atoms in total. The first-order valence-electron chi connectivity index (χ1n) is 4.52. The van der Waals surface area contributed by atoms with Crippen LogP contribution in [0.3, 0.4) is 0 Å². The molecular weight excluding hydrogens is 242 g/mol. The van der Waals surface area contributed by atoms with Gasteiger partial charge >= 0.3 is 17.1 Å². The first-order valence-corrected chi connectivity index (χ1v) is 4.96. The van der Waals surface area contributed by atoms with Crippen molar-refractivity contribution < 1.29 is 9.74 Å². The first kappa shape index (κ1) is 11.0. The van der Waals surface area contributed by atoms with Crippen LogP contribution in [-0.4, -0.2) is 25.4 Å². The quantitative estimate of drug-likeness (QED) is 0.663. The van der Waals surface area contributed by atoms with Gasteiger partial charge in [0, 0.05) is 6.61 Å². The third-order valence-electron chi connectivity index (χ3n) is 2.15. The molecule has 0 spiro atoms. The van der Waals surface area contributed by atoms with Crippen LogP contribution in [0.2, 0.25) is 0 Å². The van der Waals surface area contributed by atoms with Gasteiger partial charge in [0.15, 0.2) is 0 Å². The first-order chi connectivity index (χ1) is 7.57. The lowest BCUT2D eigenvalue weighted by atomic mass is 10.3. The van der Waals surface area contributed by atoms with Crippen molar-refractivity contribution in [2.45, 2.75) is 18.3 Å². The van der Waals surface area contributed by atoms with Crippen molar-refractivity contribution >= 4 is 11.6 Å². The Bertz CT molecular complexity index is 605. The third kappa shape index (κ3) is 1.38. The van der Waals surface area contributed by atoms with Gasteiger partial charge in [-0.1, -0.05) is 11.6 Å². The van der Waals surface area contributed by atoms with Gasteiger partial charge in [0.2, 0.25) is 0 Å². The summed E-state index contributed by atoms with van der Waals surface area (Å²) in [7, 11) is 0. The summed E-state index contributed by atoms with van der Waals surface area (Å²) in [6.07, 6.45) is 0.589. The number of aromatic nitrogens is 3. The van der Waals surface area contributed by atoms with Crippen LogP contribution in [0.1, 0.15) is 18.3 Å². The highest BCUT2D eigenvalue weighted by Crippen LogP contribution is 2.13. The van der Waals surface area contributed by atoms with Gasteiger partial charge in [-0.15, -0.1) is 0 Å². The Morgan fingerprint density at radius 2 is 1.75 bits per heavy atom. The largest absolute Gasteiger partial charge is 0.408 e. The molecule has 3 aromatic rings. The van der Waals surface area contributed by atoms with Crippen LogP contribution in [0.15, 0.2) is 19.0 Å². The van der Waals surface area contributed by atoms with E-state index in [1.807, 2.05) is 0 Å². The van der Waals surface area contributed by atoms with E-state index in [9.17, 15) is 14.4 Å². The van der Waals surface area contributed by atoms with E-state index in [4.69, 9.17) is 16.7 Å². The minimum absolute atomic E-state index is 0.0949. The van der Waals surface area contributed by atoms with Gasteiger partial charge in [-0.2, -0.15) is 0 Å². The van der Waals surface area contributed by atoms with Crippen LogP contribution in [0.25, 0.3) is 0 Å². The zero-order chi connectivity index (χ0) is 11.9. The Kier molecular flexibility index (Phi) is 2.60. The van der Waals surface area contributed by atoms with E-state index in [0.717, 1.165) is 0 Å². The Hall–Kier alpha value is -1.54. The Morgan fingerprint density at radius 3 is 2.19 bits per heavy atom. The Balaban J connectivity index is 2.49. The molecular formula is C7H8ClN3O5. The maximum absolute atomic E-state index is 11.5. The van der Waals surface area contributed by atoms with Crippen molar-refractivity contribution in [3.63, 3.8) is 0 Å². The minimum atomic E-state index is -0.908. The van der Waals surface area contributed by atoms with Gasteiger partial charge in [0.05, 0.1) is 0 Å². The number of halogens is 1. The normalized spacial score (nSPS) is 13.6. The van der Waals surface area contributed by atoms with Crippen LogP contribution in [0, 0.1) is 0 Å². The highest BCUT2D eigenvalue weighted by Gasteiger charge is 2.23. The summed E-state index contributed by atoms with van der Waals surface area (Å²) < 4.78 is 6.06. The summed E-state index contributed by atoms with van der Waals surface area (Å²) in [5, 5.41) is 8.60. The number of alkyl halides is 1. The summed E-state index contributed by atoms with van der Waals surface area (Å²) >= 11 is 5.81. The Labute approximate surface area is 92.2 Å². The van der Waals surface area contributed by atoms with E-state index in [2.05, 4.69) is 4.63 Å². The molecule has 0 amide bonds. The van der Waals surface area contributed by atoms with E-state index in [0.29, 0.717) is 20.1 Å². The monoisotopic (exact) mass is 249 g/mol. The fraction of sp³-hybridized carbons (Fsp3) is 0.571. The second-order valence-corrected chi connectivity index (χ2v) is 3.69. The van der Waals surface area contributed by atoms with E-state index in [-0.39, 0.29) is 13.0 Å². The van der Waals surface area contributed by atoms with Gasteiger partial charge in [-0.05, 0) is 22.0 Å². The van der Waals surface area contributed by atoms with Crippen molar-refractivity contribution in [3.8, 4) is 0 Å². The molecule has 1 atom stereocenters. The fourth-order valence-corrected chi connectivity index (χ4v) is 1.66. The van der Waals surface area contributed by atoms with Crippen LogP contribution >= 0.6 is 11.6 Å². The van der Waals surface area contributed by atoms with Gasteiger partial charge in [-0.25, -0.2) is 19.0 Å². The molecule has 1 N–H and O–H groups in total. The number of hydrogen-bond acceptors (Lipinski definition) is 5. The molecule has 3 heterocycles. The lowest BCUT2D eigenvalue weighted by Crippen LogP contribution is -2.55. The zero-order valence-electron chi connectivity index (χ0n) is 8.00. The summed E-state index contributed by atoms with van der Waals surface area (Å²) in [6, 6.07) is 0. The van der Waals surface area contributed by atoms with E-state index in [1.54, 1.807) is 0 Å². The average molecular weight is 250 g/mol. The number of hydrogen-bond donors (Lipinski definition) is 1. The van der Waals surface area contributed by atoms with E-state index < -0.39 is 22.6 Å². The van der Waals surface area contributed by atoms with Crippen LogP contribution in [0.5, 0.6) is 0 Å². The summed E-state index contributed by atoms with van der Waals surface area (Å²) in [6.45, 7) is -0.0949. The molecule has 3 rings (SSSR count). The molecule has 1 unspecified atom stereocenters. The van der Waals surface area contributed by atoms with Gasteiger partial charge in [0.25, 0.3) is 0 Å². The lowest BCUT2D eigenvalue weighted by Gasteiger charge is -2.13. The van der Waals surface area contributed by atoms with Crippen molar-refractivity contribution in [3.05, 3.63) is 31.5 Å². The van der Waals surface area contributed by atoms with Crippen LogP contribution < -0.4 is 17.1 Å². The molecule has 3 aromatic heterocycles. The standard InChI is InChI=1S/C7H8ClN3O5/c8-4(2-1-3-12)9-5(13)10-7(15)11(16-10)6(9)14/h4,12H,1-3H2. The maximum atomic E-state index is 11.5. The number of aliphatic hydroxyl groups excluding tert-OH is 1. The topological polar surface area (TPSA) is 98.3 Å². The highest BCUT2D eigenvalue weighted by molar-refractivity contribution is 6.18. The smallest absolute Gasteiger partial charge is 0.396 e. The molecule has 0 aliphatic heterocycles. The van der Waals surface area contributed by atoms with Crippen LogP contribution in [-0.2, 0) is 0 Å². The van der Waals surface area contributed by atoms with E-state index >= 15 is 0 Å². The Morgan fingerprint density at radius 1 is 1.19 bits per heavy atom.